The number of amides is 3. The number of rotatable bonds is 2. The number of hydrogen-bond acceptors (Lipinski definition) is 4. The molecule has 2 heterocycles. The van der Waals surface area contributed by atoms with E-state index < -0.39 is 0 Å². The summed E-state index contributed by atoms with van der Waals surface area (Å²) in [6.07, 6.45) is 5.46. The third-order valence-corrected chi connectivity index (χ3v) is 6.41. The summed E-state index contributed by atoms with van der Waals surface area (Å²) in [6.45, 7) is 2.03. The van der Waals surface area contributed by atoms with Crippen molar-refractivity contribution in [2.75, 3.05) is 32.8 Å². The summed E-state index contributed by atoms with van der Waals surface area (Å²) >= 11 is 0. The Hall–Kier alpha value is -1.69. The van der Waals surface area contributed by atoms with Crippen LogP contribution in [0.4, 0.5) is 0 Å². The number of ether oxygens (including phenoxy) is 1. The summed E-state index contributed by atoms with van der Waals surface area (Å²) in [6, 6.07) is 0. The van der Waals surface area contributed by atoms with E-state index in [9.17, 15) is 14.4 Å². The van der Waals surface area contributed by atoms with E-state index in [-0.39, 0.29) is 47.9 Å². The molecule has 3 amide bonds. The lowest BCUT2D eigenvalue weighted by molar-refractivity contribution is -0.148. The van der Waals surface area contributed by atoms with Gasteiger partial charge in [0.2, 0.25) is 17.7 Å². The first-order chi connectivity index (χ1) is 11.2. The number of likely N-dealkylation sites (tertiary alicyclic amines) is 1. The minimum Gasteiger partial charge on any atom is -0.378 e. The number of morpholine rings is 1. The molecule has 0 aromatic heterocycles. The molecule has 2 bridgehead atoms. The van der Waals surface area contributed by atoms with Crippen LogP contribution < -0.4 is 0 Å². The van der Waals surface area contributed by atoms with E-state index in [1.54, 1.807) is 4.90 Å². The lowest BCUT2D eigenvalue weighted by atomic mass is 9.63. The van der Waals surface area contributed by atoms with Crippen molar-refractivity contribution in [1.82, 2.24) is 9.80 Å². The lowest BCUT2D eigenvalue weighted by Gasteiger charge is -2.37. The van der Waals surface area contributed by atoms with Gasteiger partial charge in [-0.2, -0.15) is 0 Å². The Balaban J connectivity index is 1.36. The predicted octanol–water partition coefficient (Wildman–Crippen LogP) is -0.102. The second-order valence-corrected chi connectivity index (χ2v) is 7.41. The van der Waals surface area contributed by atoms with Crippen molar-refractivity contribution >= 4 is 17.7 Å². The van der Waals surface area contributed by atoms with E-state index in [1.807, 2.05) is 0 Å². The number of allylic oxidation sites excluding steroid dienone is 2. The number of nitrogens with zero attached hydrogens (tertiary/aromatic N) is 2. The monoisotopic (exact) mass is 316 g/mol. The molecule has 0 radical (unpaired) electrons. The molecular weight excluding hydrogens is 296 g/mol. The van der Waals surface area contributed by atoms with Gasteiger partial charge < -0.3 is 9.64 Å². The zero-order valence-electron chi connectivity index (χ0n) is 12.9. The molecule has 0 N–H and O–H groups in total. The van der Waals surface area contributed by atoms with Gasteiger partial charge in [-0.1, -0.05) is 12.2 Å². The zero-order chi connectivity index (χ0) is 15.7. The molecule has 0 aromatic carbocycles. The molecule has 2 aliphatic heterocycles. The Labute approximate surface area is 134 Å². The van der Waals surface area contributed by atoms with Crippen LogP contribution in [-0.2, 0) is 19.1 Å². The largest absolute Gasteiger partial charge is 0.378 e. The van der Waals surface area contributed by atoms with E-state index in [1.165, 1.54) is 4.90 Å². The summed E-state index contributed by atoms with van der Waals surface area (Å²) in [5.41, 5.74) is 0. The second-order valence-electron chi connectivity index (χ2n) is 7.41. The number of hydrogen-bond donors (Lipinski definition) is 0. The molecule has 6 rings (SSSR count). The number of carbonyl (C=O) groups excluding carboxylic acids is 3. The molecule has 6 atom stereocenters. The quantitative estimate of drug-likeness (QED) is 0.527. The summed E-state index contributed by atoms with van der Waals surface area (Å²) in [5.74, 6) is 0.829. The van der Waals surface area contributed by atoms with Crippen LogP contribution >= 0.6 is 0 Å². The predicted molar refractivity (Wildman–Crippen MR) is 78.8 cm³/mol. The van der Waals surface area contributed by atoms with E-state index >= 15 is 0 Å². The van der Waals surface area contributed by atoms with E-state index in [4.69, 9.17) is 4.74 Å². The van der Waals surface area contributed by atoms with Crippen LogP contribution in [0, 0.1) is 35.5 Å². The van der Waals surface area contributed by atoms with Crippen molar-refractivity contribution < 1.29 is 19.1 Å². The first-order valence-electron chi connectivity index (χ1n) is 8.56. The Morgan fingerprint density at radius 2 is 1.61 bits per heavy atom. The fourth-order valence-corrected chi connectivity index (χ4v) is 5.22. The van der Waals surface area contributed by atoms with Crippen molar-refractivity contribution in [3.8, 4) is 0 Å². The van der Waals surface area contributed by atoms with E-state index in [2.05, 4.69) is 12.2 Å². The van der Waals surface area contributed by atoms with Gasteiger partial charge >= 0.3 is 0 Å². The summed E-state index contributed by atoms with van der Waals surface area (Å²) in [7, 11) is 0. The average Bonchev–Trinajstić information content (AvgIpc) is 3.37. The minimum atomic E-state index is -0.210. The van der Waals surface area contributed by atoms with Crippen LogP contribution in [-0.4, -0.2) is 60.4 Å². The van der Waals surface area contributed by atoms with Gasteiger partial charge in [0.25, 0.3) is 0 Å². The van der Waals surface area contributed by atoms with Crippen molar-refractivity contribution in [3.63, 3.8) is 0 Å². The number of imide groups is 1. The maximum absolute atomic E-state index is 12.8. The first-order valence-corrected chi connectivity index (χ1v) is 8.56. The maximum atomic E-state index is 12.8. The number of carbonyl (C=O) groups is 3. The van der Waals surface area contributed by atoms with Crippen LogP contribution in [0.1, 0.15) is 6.42 Å². The van der Waals surface area contributed by atoms with Crippen LogP contribution in [0.3, 0.4) is 0 Å². The molecule has 0 unspecified atom stereocenters. The Morgan fingerprint density at radius 1 is 1.04 bits per heavy atom. The standard InChI is InChI=1S/C17H20N2O4/c20-13(18-3-5-23-6-4-18)8-19-16(21)14-9-1-2-10(12-7-11(9)12)15(14)17(19)22/h1-2,9-12,14-15H,3-8H2/t9-,10-,11-,12-,14+,15+/m0/s1. The zero-order valence-corrected chi connectivity index (χ0v) is 12.9. The smallest absolute Gasteiger partial charge is 0.242 e. The van der Waals surface area contributed by atoms with E-state index in [0.29, 0.717) is 38.1 Å². The van der Waals surface area contributed by atoms with E-state index in [0.717, 1.165) is 6.42 Å². The first kappa shape index (κ1) is 13.7. The minimum absolute atomic E-state index is 0.0978. The molecule has 0 aromatic rings. The molecule has 0 spiro atoms. The highest BCUT2D eigenvalue weighted by atomic mass is 16.5. The van der Waals surface area contributed by atoms with Crippen molar-refractivity contribution in [1.29, 1.82) is 0 Å². The van der Waals surface area contributed by atoms with Gasteiger partial charge in [-0.15, -0.1) is 0 Å². The van der Waals surface area contributed by atoms with Crippen molar-refractivity contribution in [3.05, 3.63) is 12.2 Å². The van der Waals surface area contributed by atoms with Crippen molar-refractivity contribution in [2.45, 2.75) is 6.42 Å². The SMILES string of the molecule is O=C(CN1C(=O)[C@@H]2[C@H]3C=C[C@@H]([C@@H]4C[C@@H]34)[C@H]2C1=O)N1CCOCC1. The van der Waals surface area contributed by atoms with Crippen LogP contribution in [0.5, 0.6) is 0 Å². The van der Waals surface area contributed by atoms with Gasteiger partial charge in [-0.05, 0) is 30.1 Å². The molecule has 6 heteroatoms. The Morgan fingerprint density at radius 3 is 2.17 bits per heavy atom. The van der Waals surface area contributed by atoms with Crippen LogP contribution in [0.15, 0.2) is 12.2 Å². The van der Waals surface area contributed by atoms with Crippen molar-refractivity contribution in [2.24, 2.45) is 35.5 Å². The highest BCUT2D eigenvalue weighted by molar-refractivity contribution is 6.08. The Kier molecular flexibility index (Phi) is 2.78. The molecule has 6 nitrogen and oxygen atoms in total. The van der Waals surface area contributed by atoms with Crippen LogP contribution in [0.2, 0.25) is 0 Å². The van der Waals surface area contributed by atoms with Gasteiger partial charge in [0.15, 0.2) is 0 Å². The normalized spacial score (nSPS) is 43.7. The third-order valence-electron chi connectivity index (χ3n) is 6.41. The lowest BCUT2D eigenvalue weighted by Crippen LogP contribution is -2.47. The molecule has 2 saturated carbocycles. The molecule has 2 saturated heterocycles. The topological polar surface area (TPSA) is 66.9 Å². The van der Waals surface area contributed by atoms with Gasteiger partial charge in [0.1, 0.15) is 6.54 Å². The molecule has 23 heavy (non-hydrogen) atoms. The van der Waals surface area contributed by atoms with Gasteiger partial charge in [-0.3, -0.25) is 19.3 Å². The highest BCUT2D eigenvalue weighted by Crippen LogP contribution is 2.65. The third kappa shape index (κ3) is 1.81. The summed E-state index contributed by atoms with van der Waals surface area (Å²) < 4.78 is 5.24. The van der Waals surface area contributed by atoms with Gasteiger partial charge in [0, 0.05) is 13.1 Å². The highest BCUT2D eigenvalue weighted by Gasteiger charge is 2.67. The van der Waals surface area contributed by atoms with Crippen LogP contribution in [0.25, 0.3) is 0 Å². The summed E-state index contributed by atoms with van der Waals surface area (Å²) in [5, 5.41) is 0. The molecule has 122 valence electrons. The fourth-order valence-electron chi connectivity index (χ4n) is 5.22. The summed E-state index contributed by atoms with van der Waals surface area (Å²) in [4.78, 5) is 40.9. The molecule has 6 aliphatic rings. The molecule has 4 fully saturated rings. The maximum Gasteiger partial charge on any atom is 0.242 e. The molecule has 4 aliphatic carbocycles. The average molecular weight is 316 g/mol. The molecular formula is C17H20N2O4. The van der Waals surface area contributed by atoms with Gasteiger partial charge in [0.05, 0.1) is 25.0 Å². The van der Waals surface area contributed by atoms with Gasteiger partial charge in [-0.25, -0.2) is 0 Å². The second kappa shape index (κ2) is 4.66. The Bertz CT molecular complexity index is 588. The fraction of sp³-hybridized carbons (Fsp3) is 0.706.